The zero-order valence-electron chi connectivity index (χ0n) is 6.58. The molecular weight excluding hydrogens is 164 g/mol. The van der Waals surface area contributed by atoms with E-state index in [1.165, 1.54) is 6.92 Å². The molecular formula is C7H12O5. The van der Waals surface area contributed by atoms with E-state index < -0.39 is 24.4 Å². The van der Waals surface area contributed by atoms with E-state index in [-0.39, 0.29) is 5.76 Å². The van der Waals surface area contributed by atoms with E-state index in [0.717, 1.165) is 0 Å². The van der Waals surface area contributed by atoms with E-state index in [1.54, 1.807) is 0 Å². The van der Waals surface area contributed by atoms with E-state index in [0.29, 0.717) is 6.26 Å². The summed E-state index contributed by atoms with van der Waals surface area (Å²) in [7, 11) is 0. The first kappa shape index (κ1) is 9.31. The zero-order chi connectivity index (χ0) is 9.30. The molecule has 1 aliphatic heterocycles. The molecule has 0 aromatic carbocycles. The molecule has 5 nitrogen and oxygen atoms in total. The molecule has 1 rings (SSSR count). The number of aliphatic hydroxyl groups excluding tert-OH is 4. The molecule has 0 aromatic heterocycles. The number of rotatable bonds is 0. The van der Waals surface area contributed by atoms with Crippen LogP contribution in [-0.2, 0) is 4.74 Å². The molecule has 4 N–H and O–H groups in total. The van der Waals surface area contributed by atoms with Crippen LogP contribution in [0.15, 0.2) is 12.0 Å². The Labute approximate surface area is 69.5 Å². The Bertz CT molecular complexity index is 190. The van der Waals surface area contributed by atoms with Crippen molar-refractivity contribution in [2.24, 2.45) is 0 Å². The first-order valence-corrected chi connectivity index (χ1v) is 3.63. The fourth-order valence-electron chi connectivity index (χ4n) is 1.09. The van der Waals surface area contributed by atoms with Gasteiger partial charge >= 0.3 is 0 Å². The van der Waals surface area contributed by atoms with Crippen molar-refractivity contribution >= 4 is 0 Å². The van der Waals surface area contributed by atoms with Crippen molar-refractivity contribution in [2.75, 3.05) is 0 Å². The van der Waals surface area contributed by atoms with Crippen LogP contribution in [0.4, 0.5) is 0 Å². The first-order chi connectivity index (χ1) is 5.57. The lowest BCUT2D eigenvalue weighted by molar-refractivity contribution is -0.151. The van der Waals surface area contributed by atoms with E-state index in [4.69, 9.17) is 14.9 Å². The standard InChI is InChI=1S/C7H12O5/c1-3-5(9)7(11)6(10)4(2-8)12-3/h2-3,5-11H,1H3/b4-2+/t3?,5-,6-,7-/m1/s1. The van der Waals surface area contributed by atoms with Crippen LogP contribution in [0.1, 0.15) is 6.92 Å². The molecule has 1 unspecified atom stereocenters. The average Bonchev–Trinajstić information content (AvgIpc) is 2.08. The summed E-state index contributed by atoms with van der Waals surface area (Å²) in [5, 5.41) is 36.1. The zero-order valence-corrected chi connectivity index (χ0v) is 6.58. The second-order valence-electron chi connectivity index (χ2n) is 2.78. The Morgan fingerprint density at radius 3 is 2.33 bits per heavy atom. The number of aliphatic hydroxyl groups is 4. The fourth-order valence-corrected chi connectivity index (χ4v) is 1.09. The Kier molecular flexibility index (Phi) is 2.56. The first-order valence-electron chi connectivity index (χ1n) is 3.63. The van der Waals surface area contributed by atoms with Crippen molar-refractivity contribution in [2.45, 2.75) is 31.3 Å². The Morgan fingerprint density at radius 2 is 1.83 bits per heavy atom. The Morgan fingerprint density at radius 1 is 1.25 bits per heavy atom. The molecule has 0 saturated carbocycles. The largest absolute Gasteiger partial charge is 0.512 e. The van der Waals surface area contributed by atoms with Gasteiger partial charge in [0.2, 0.25) is 0 Å². The third-order valence-corrected chi connectivity index (χ3v) is 1.90. The predicted octanol–water partition coefficient (Wildman–Crippen LogP) is -1.11. The van der Waals surface area contributed by atoms with Crippen LogP contribution in [-0.4, -0.2) is 44.8 Å². The highest BCUT2D eigenvalue weighted by molar-refractivity contribution is 5.05. The van der Waals surface area contributed by atoms with Crippen molar-refractivity contribution in [1.82, 2.24) is 0 Å². The molecule has 1 aliphatic rings. The maximum absolute atomic E-state index is 9.19. The summed E-state index contributed by atoms with van der Waals surface area (Å²) in [5.74, 6) is -0.125. The molecule has 12 heavy (non-hydrogen) atoms. The third kappa shape index (κ3) is 1.38. The average molecular weight is 176 g/mol. The van der Waals surface area contributed by atoms with Crippen molar-refractivity contribution in [3.8, 4) is 0 Å². The number of ether oxygens (including phenoxy) is 1. The van der Waals surface area contributed by atoms with Gasteiger partial charge in [0.05, 0.1) is 0 Å². The van der Waals surface area contributed by atoms with Gasteiger partial charge < -0.3 is 25.2 Å². The fraction of sp³-hybridized carbons (Fsp3) is 0.714. The highest BCUT2D eigenvalue weighted by Crippen LogP contribution is 2.22. The lowest BCUT2D eigenvalue weighted by Gasteiger charge is -2.34. The van der Waals surface area contributed by atoms with E-state index in [1.807, 2.05) is 0 Å². The van der Waals surface area contributed by atoms with Crippen molar-refractivity contribution < 1.29 is 25.2 Å². The molecule has 0 radical (unpaired) electrons. The Hall–Kier alpha value is -0.780. The molecule has 0 aliphatic carbocycles. The molecule has 5 heteroatoms. The van der Waals surface area contributed by atoms with Crippen LogP contribution < -0.4 is 0 Å². The SMILES string of the molecule is CC1O/C(=C/O)[C@@H](O)[C@H](O)[C@@H]1O. The van der Waals surface area contributed by atoms with E-state index in [9.17, 15) is 10.2 Å². The summed E-state index contributed by atoms with van der Waals surface area (Å²) in [6.07, 6.45) is -3.87. The lowest BCUT2D eigenvalue weighted by atomic mass is 9.99. The van der Waals surface area contributed by atoms with Gasteiger partial charge in [-0.05, 0) is 6.92 Å². The van der Waals surface area contributed by atoms with Crippen molar-refractivity contribution in [1.29, 1.82) is 0 Å². The number of hydrogen-bond donors (Lipinski definition) is 4. The van der Waals surface area contributed by atoms with Crippen LogP contribution in [0.5, 0.6) is 0 Å². The molecule has 4 atom stereocenters. The lowest BCUT2D eigenvalue weighted by Crippen LogP contribution is -2.50. The summed E-state index contributed by atoms with van der Waals surface area (Å²) >= 11 is 0. The highest BCUT2D eigenvalue weighted by Gasteiger charge is 2.39. The molecule has 0 aromatic rings. The van der Waals surface area contributed by atoms with Gasteiger partial charge in [0.25, 0.3) is 0 Å². The Balaban J connectivity index is 2.77. The molecule has 70 valence electrons. The topological polar surface area (TPSA) is 90.2 Å². The normalized spacial score (nSPS) is 45.8. The summed E-state index contributed by atoms with van der Waals surface area (Å²) in [5.41, 5.74) is 0. The minimum absolute atomic E-state index is 0.125. The third-order valence-electron chi connectivity index (χ3n) is 1.90. The molecule has 1 fully saturated rings. The van der Waals surface area contributed by atoms with Gasteiger partial charge in [-0.3, -0.25) is 0 Å². The van der Waals surface area contributed by atoms with Crippen LogP contribution in [0.25, 0.3) is 0 Å². The molecule has 1 saturated heterocycles. The highest BCUT2D eigenvalue weighted by atomic mass is 16.5. The van der Waals surface area contributed by atoms with Crippen molar-refractivity contribution in [3.05, 3.63) is 12.0 Å². The minimum atomic E-state index is -1.36. The van der Waals surface area contributed by atoms with Crippen LogP contribution >= 0.6 is 0 Å². The monoisotopic (exact) mass is 176 g/mol. The summed E-state index contributed by atoms with van der Waals surface area (Å²) in [6, 6.07) is 0. The van der Waals surface area contributed by atoms with E-state index >= 15 is 0 Å². The van der Waals surface area contributed by atoms with Crippen LogP contribution in [0.2, 0.25) is 0 Å². The summed E-state index contributed by atoms with van der Waals surface area (Å²) < 4.78 is 4.88. The molecule has 1 heterocycles. The quantitative estimate of drug-likeness (QED) is 0.351. The summed E-state index contributed by atoms with van der Waals surface area (Å²) in [4.78, 5) is 0. The second-order valence-corrected chi connectivity index (χ2v) is 2.78. The number of hydrogen-bond acceptors (Lipinski definition) is 5. The smallest absolute Gasteiger partial charge is 0.162 e. The van der Waals surface area contributed by atoms with Gasteiger partial charge in [-0.2, -0.15) is 0 Å². The second kappa shape index (κ2) is 3.30. The van der Waals surface area contributed by atoms with Crippen LogP contribution in [0, 0.1) is 0 Å². The minimum Gasteiger partial charge on any atom is -0.512 e. The van der Waals surface area contributed by atoms with Gasteiger partial charge in [0.15, 0.2) is 5.76 Å². The van der Waals surface area contributed by atoms with Crippen LogP contribution in [0.3, 0.4) is 0 Å². The molecule has 0 spiro atoms. The van der Waals surface area contributed by atoms with Gasteiger partial charge in [-0.25, -0.2) is 0 Å². The maximum Gasteiger partial charge on any atom is 0.162 e. The maximum atomic E-state index is 9.19. The predicted molar refractivity (Wildman–Crippen MR) is 39.3 cm³/mol. The molecule has 0 amide bonds. The van der Waals surface area contributed by atoms with E-state index in [2.05, 4.69) is 0 Å². The van der Waals surface area contributed by atoms with Gasteiger partial charge in [0.1, 0.15) is 30.7 Å². The van der Waals surface area contributed by atoms with Gasteiger partial charge in [0, 0.05) is 0 Å². The summed E-state index contributed by atoms with van der Waals surface area (Å²) in [6.45, 7) is 1.53. The molecule has 0 bridgehead atoms. The van der Waals surface area contributed by atoms with Gasteiger partial charge in [-0.15, -0.1) is 0 Å². The van der Waals surface area contributed by atoms with Gasteiger partial charge in [-0.1, -0.05) is 0 Å². The van der Waals surface area contributed by atoms with Crippen molar-refractivity contribution in [3.63, 3.8) is 0 Å².